The number of fused-ring (bicyclic) bond motifs is 1. The Balaban J connectivity index is 1.24. The first-order valence-corrected chi connectivity index (χ1v) is 9.22. The molecule has 136 valence electrons. The summed E-state index contributed by atoms with van der Waals surface area (Å²) in [7, 11) is 0. The highest BCUT2D eigenvalue weighted by Gasteiger charge is 2.20. The first-order valence-electron chi connectivity index (χ1n) is 9.22. The molecule has 0 radical (unpaired) electrons. The highest BCUT2D eigenvalue weighted by atomic mass is 16.5. The number of hydrogen-bond acceptors (Lipinski definition) is 6. The van der Waals surface area contributed by atoms with Gasteiger partial charge in [-0.05, 0) is 56.4 Å². The number of piperidine rings is 1. The second kappa shape index (κ2) is 7.32. The van der Waals surface area contributed by atoms with E-state index in [4.69, 9.17) is 9.15 Å². The predicted molar refractivity (Wildman–Crippen MR) is 101 cm³/mol. The van der Waals surface area contributed by atoms with E-state index in [0.29, 0.717) is 11.8 Å². The van der Waals surface area contributed by atoms with Gasteiger partial charge in [0, 0.05) is 26.1 Å². The summed E-state index contributed by atoms with van der Waals surface area (Å²) in [6.07, 6.45) is 3.40. The Morgan fingerprint density at radius 2 is 1.96 bits per heavy atom. The lowest BCUT2D eigenvalue weighted by Gasteiger charge is -2.32. The molecule has 0 amide bonds. The third kappa shape index (κ3) is 3.79. The number of oxazole rings is 1. The second-order valence-electron chi connectivity index (χ2n) is 6.96. The fourth-order valence-corrected chi connectivity index (χ4v) is 3.46. The normalized spacial score (nSPS) is 15.5. The standard InChI is InChI=1S/C20H24N4O2/c1-14-3-6-20(23-22-14)24-10-7-16(8-11-24)9-12-25-17-4-5-18-19(13-17)26-15(2)21-18/h3-6,13,16H,7-12H2,1-2H3. The molecule has 1 aliphatic rings. The van der Waals surface area contributed by atoms with Crippen LogP contribution < -0.4 is 9.64 Å². The first kappa shape index (κ1) is 16.8. The smallest absolute Gasteiger partial charge is 0.192 e. The van der Waals surface area contributed by atoms with E-state index in [9.17, 15) is 0 Å². The summed E-state index contributed by atoms with van der Waals surface area (Å²) in [5.74, 6) is 3.21. The van der Waals surface area contributed by atoms with Crippen molar-refractivity contribution in [2.45, 2.75) is 33.1 Å². The van der Waals surface area contributed by atoms with E-state index in [1.165, 1.54) is 12.8 Å². The Morgan fingerprint density at radius 3 is 2.73 bits per heavy atom. The Kier molecular flexibility index (Phi) is 4.73. The molecule has 6 nitrogen and oxygen atoms in total. The van der Waals surface area contributed by atoms with Crippen molar-refractivity contribution in [1.29, 1.82) is 0 Å². The van der Waals surface area contributed by atoms with Gasteiger partial charge in [0.25, 0.3) is 0 Å². The summed E-state index contributed by atoms with van der Waals surface area (Å²) >= 11 is 0. The van der Waals surface area contributed by atoms with Crippen molar-refractivity contribution in [2.24, 2.45) is 5.92 Å². The summed E-state index contributed by atoms with van der Waals surface area (Å²) in [6.45, 7) is 6.62. The molecule has 3 heterocycles. The van der Waals surface area contributed by atoms with Gasteiger partial charge in [-0.25, -0.2) is 4.98 Å². The summed E-state index contributed by atoms with van der Waals surface area (Å²) < 4.78 is 11.5. The molecule has 0 spiro atoms. The highest BCUT2D eigenvalue weighted by Crippen LogP contribution is 2.25. The van der Waals surface area contributed by atoms with Crippen LogP contribution in [0.5, 0.6) is 5.75 Å². The molecule has 0 N–H and O–H groups in total. The monoisotopic (exact) mass is 352 g/mol. The highest BCUT2D eigenvalue weighted by molar-refractivity contribution is 5.74. The van der Waals surface area contributed by atoms with E-state index in [1.807, 2.05) is 38.1 Å². The van der Waals surface area contributed by atoms with Gasteiger partial charge in [-0.1, -0.05) is 0 Å². The van der Waals surface area contributed by atoms with Crippen LogP contribution in [0, 0.1) is 19.8 Å². The zero-order chi connectivity index (χ0) is 17.9. The summed E-state index contributed by atoms with van der Waals surface area (Å²) in [5, 5.41) is 8.45. The largest absolute Gasteiger partial charge is 0.493 e. The SMILES string of the molecule is Cc1ccc(N2CCC(CCOc3ccc4nc(C)oc4c3)CC2)nn1. The Hall–Kier alpha value is -2.63. The van der Waals surface area contributed by atoms with Gasteiger partial charge in [-0.3, -0.25) is 0 Å². The van der Waals surface area contributed by atoms with Crippen LogP contribution in [0.1, 0.15) is 30.8 Å². The molecule has 0 saturated carbocycles. The van der Waals surface area contributed by atoms with Crippen LogP contribution >= 0.6 is 0 Å². The Bertz CT molecular complexity index is 867. The molecular weight excluding hydrogens is 328 g/mol. The molecule has 1 aliphatic heterocycles. The molecule has 0 atom stereocenters. The molecule has 1 aromatic carbocycles. The topological polar surface area (TPSA) is 64.3 Å². The number of anilines is 1. The Labute approximate surface area is 153 Å². The van der Waals surface area contributed by atoms with E-state index in [-0.39, 0.29) is 0 Å². The predicted octanol–water partition coefficient (Wildman–Crippen LogP) is 3.92. The van der Waals surface area contributed by atoms with Gasteiger partial charge in [0.15, 0.2) is 17.3 Å². The van der Waals surface area contributed by atoms with Crippen LogP contribution in [0.25, 0.3) is 11.1 Å². The minimum Gasteiger partial charge on any atom is -0.493 e. The van der Waals surface area contributed by atoms with Crippen molar-refractivity contribution in [3.63, 3.8) is 0 Å². The lowest BCUT2D eigenvalue weighted by atomic mass is 9.94. The van der Waals surface area contributed by atoms with Gasteiger partial charge in [0.2, 0.25) is 0 Å². The molecule has 0 bridgehead atoms. The number of benzene rings is 1. The molecule has 3 aromatic rings. The lowest BCUT2D eigenvalue weighted by Crippen LogP contribution is -2.34. The van der Waals surface area contributed by atoms with Crippen LogP contribution in [-0.2, 0) is 0 Å². The van der Waals surface area contributed by atoms with Crippen LogP contribution in [0.15, 0.2) is 34.7 Å². The number of rotatable bonds is 5. The lowest BCUT2D eigenvalue weighted by molar-refractivity contribution is 0.258. The number of nitrogens with zero attached hydrogens (tertiary/aromatic N) is 4. The van der Waals surface area contributed by atoms with Crippen molar-refractivity contribution in [2.75, 3.05) is 24.6 Å². The maximum atomic E-state index is 5.93. The molecule has 0 unspecified atom stereocenters. The third-order valence-electron chi connectivity index (χ3n) is 4.98. The van der Waals surface area contributed by atoms with Crippen LogP contribution in [0.3, 0.4) is 0 Å². The van der Waals surface area contributed by atoms with Gasteiger partial charge in [-0.2, -0.15) is 5.10 Å². The summed E-state index contributed by atoms with van der Waals surface area (Å²) in [5.41, 5.74) is 2.62. The number of hydrogen-bond donors (Lipinski definition) is 0. The molecule has 4 rings (SSSR count). The van der Waals surface area contributed by atoms with Crippen molar-refractivity contribution >= 4 is 16.9 Å². The maximum Gasteiger partial charge on any atom is 0.192 e. The van der Waals surface area contributed by atoms with Gasteiger partial charge in [0.05, 0.1) is 12.3 Å². The molecular formula is C20H24N4O2. The summed E-state index contributed by atoms with van der Waals surface area (Å²) in [4.78, 5) is 6.63. The molecule has 26 heavy (non-hydrogen) atoms. The first-order chi connectivity index (χ1) is 12.7. The zero-order valence-electron chi connectivity index (χ0n) is 15.3. The molecule has 6 heteroatoms. The van der Waals surface area contributed by atoms with Crippen molar-refractivity contribution in [3.05, 3.63) is 41.9 Å². The van der Waals surface area contributed by atoms with E-state index >= 15 is 0 Å². The number of aryl methyl sites for hydroxylation is 2. The maximum absolute atomic E-state index is 5.93. The van der Waals surface area contributed by atoms with Crippen molar-refractivity contribution in [1.82, 2.24) is 15.2 Å². The fraction of sp³-hybridized carbons (Fsp3) is 0.450. The van der Waals surface area contributed by atoms with Crippen LogP contribution in [-0.4, -0.2) is 34.9 Å². The minimum atomic E-state index is 0.683. The van der Waals surface area contributed by atoms with Gasteiger partial charge < -0.3 is 14.1 Å². The Morgan fingerprint density at radius 1 is 1.12 bits per heavy atom. The quantitative estimate of drug-likeness (QED) is 0.693. The molecule has 0 aliphatic carbocycles. The fourth-order valence-electron chi connectivity index (χ4n) is 3.46. The van der Waals surface area contributed by atoms with Crippen LogP contribution in [0.2, 0.25) is 0 Å². The molecule has 1 fully saturated rings. The van der Waals surface area contributed by atoms with Crippen molar-refractivity contribution in [3.8, 4) is 5.75 Å². The number of ether oxygens (including phenoxy) is 1. The van der Waals surface area contributed by atoms with Crippen LogP contribution in [0.4, 0.5) is 5.82 Å². The average Bonchev–Trinajstić information content (AvgIpc) is 3.02. The van der Waals surface area contributed by atoms with E-state index in [2.05, 4.69) is 26.1 Å². The van der Waals surface area contributed by atoms with Crippen molar-refractivity contribution < 1.29 is 9.15 Å². The zero-order valence-corrected chi connectivity index (χ0v) is 15.3. The van der Waals surface area contributed by atoms with Gasteiger partial charge in [-0.15, -0.1) is 5.10 Å². The third-order valence-corrected chi connectivity index (χ3v) is 4.98. The minimum absolute atomic E-state index is 0.683. The van der Waals surface area contributed by atoms with E-state index < -0.39 is 0 Å². The average molecular weight is 352 g/mol. The molecule has 1 saturated heterocycles. The van der Waals surface area contributed by atoms with Gasteiger partial charge >= 0.3 is 0 Å². The summed E-state index contributed by atoms with van der Waals surface area (Å²) in [6, 6.07) is 9.92. The van der Waals surface area contributed by atoms with E-state index in [0.717, 1.165) is 54.5 Å². The number of aromatic nitrogens is 3. The van der Waals surface area contributed by atoms with E-state index in [1.54, 1.807) is 0 Å². The molecule has 2 aromatic heterocycles. The second-order valence-corrected chi connectivity index (χ2v) is 6.96. The van der Waals surface area contributed by atoms with Gasteiger partial charge in [0.1, 0.15) is 11.3 Å².